The van der Waals surface area contributed by atoms with E-state index in [-0.39, 0.29) is 18.0 Å². The number of morpholine rings is 1. The second-order valence-electron chi connectivity index (χ2n) is 6.67. The van der Waals surface area contributed by atoms with Crippen LogP contribution in [-0.4, -0.2) is 43.2 Å². The Bertz CT molecular complexity index is 708. The Morgan fingerprint density at radius 1 is 1.20 bits per heavy atom. The summed E-state index contributed by atoms with van der Waals surface area (Å²) in [4.78, 5) is 16.4. The molecule has 5 heteroatoms. The standard InChI is InChI=1S/C20H26N2O2S/c1-14-6-7-17(13-15(14)2)20(23)21-16(3)19(18-5-4-12-25-18)22-8-10-24-11-9-22/h4-7,12-13,16,19H,8-11H2,1-3H3,(H,21,23). The van der Waals surface area contributed by atoms with E-state index in [0.29, 0.717) is 0 Å². The molecule has 1 aromatic heterocycles. The second-order valence-corrected chi connectivity index (χ2v) is 7.65. The highest BCUT2D eigenvalue weighted by Crippen LogP contribution is 2.29. The maximum atomic E-state index is 12.7. The van der Waals surface area contributed by atoms with Gasteiger partial charge in [-0.25, -0.2) is 0 Å². The maximum absolute atomic E-state index is 12.7. The molecule has 0 spiro atoms. The highest BCUT2D eigenvalue weighted by Gasteiger charge is 2.29. The van der Waals surface area contributed by atoms with E-state index in [2.05, 4.69) is 41.6 Å². The smallest absolute Gasteiger partial charge is 0.251 e. The second kappa shape index (κ2) is 8.13. The Morgan fingerprint density at radius 2 is 1.96 bits per heavy atom. The zero-order chi connectivity index (χ0) is 17.8. The van der Waals surface area contributed by atoms with Gasteiger partial charge in [0.2, 0.25) is 0 Å². The van der Waals surface area contributed by atoms with Gasteiger partial charge in [-0.2, -0.15) is 0 Å². The molecule has 2 atom stereocenters. The van der Waals surface area contributed by atoms with Crippen molar-refractivity contribution in [1.82, 2.24) is 10.2 Å². The van der Waals surface area contributed by atoms with Crippen LogP contribution < -0.4 is 5.32 Å². The topological polar surface area (TPSA) is 41.6 Å². The summed E-state index contributed by atoms with van der Waals surface area (Å²) in [7, 11) is 0. The predicted molar refractivity (Wildman–Crippen MR) is 102 cm³/mol. The van der Waals surface area contributed by atoms with Crippen molar-refractivity contribution in [2.45, 2.75) is 32.9 Å². The van der Waals surface area contributed by atoms with Gasteiger partial charge >= 0.3 is 0 Å². The largest absolute Gasteiger partial charge is 0.379 e. The van der Waals surface area contributed by atoms with Gasteiger partial charge in [0.05, 0.1) is 19.3 Å². The van der Waals surface area contributed by atoms with E-state index >= 15 is 0 Å². The van der Waals surface area contributed by atoms with Gasteiger partial charge in [0.15, 0.2) is 0 Å². The van der Waals surface area contributed by atoms with Crippen molar-refractivity contribution < 1.29 is 9.53 Å². The van der Waals surface area contributed by atoms with Crippen molar-refractivity contribution in [2.75, 3.05) is 26.3 Å². The molecule has 1 amide bonds. The van der Waals surface area contributed by atoms with E-state index in [9.17, 15) is 4.79 Å². The number of nitrogens with one attached hydrogen (secondary N) is 1. The van der Waals surface area contributed by atoms with Crippen LogP contribution in [-0.2, 0) is 4.74 Å². The lowest BCUT2D eigenvalue weighted by Crippen LogP contribution is -2.48. The summed E-state index contributed by atoms with van der Waals surface area (Å²) in [5.41, 5.74) is 3.07. The molecule has 25 heavy (non-hydrogen) atoms. The van der Waals surface area contributed by atoms with Gasteiger partial charge in [0.25, 0.3) is 5.91 Å². The van der Waals surface area contributed by atoms with Crippen molar-refractivity contribution in [3.63, 3.8) is 0 Å². The maximum Gasteiger partial charge on any atom is 0.251 e. The number of carbonyl (C=O) groups excluding carboxylic acids is 1. The Morgan fingerprint density at radius 3 is 2.60 bits per heavy atom. The van der Waals surface area contributed by atoms with E-state index in [1.54, 1.807) is 11.3 Å². The molecule has 1 fully saturated rings. The number of thiophene rings is 1. The first kappa shape index (κ1) is 18.1. The summed E-state index contributed by atoms with van der Waals surface area (Å²) in [6.07, 6.45) is 0. The average molecular weight is 359 g/mol. The minimum Gasteiger partial charge on any atom is -0.379 e. The number of ether oxygens (including phenoxy) is 1. The molecule has 1 N–H and O–H groups in total. The molecule has 0 radical (unpaired) electrons. The molecule has 0 saturated carbocycles. The number of aryl methyl sites for hydroxylation is 2. The minimum absolute atomic E-state index is 0.00887. The molecule has 134 valence electrons. The van der Waals surface area contributed by atoms with Gasteiger partial charge < -0.3 is 10.1 Å². The number of benzene rings is 1. The minimum atomic E-state index is -0.00887. The average Bonchev–Trinajstić information content (AvgIpc) is 3.12. The summed E-state index contributed by atoms with van der Waals surface area (Å²) in [6, 6.07) is 10.3. The Labute approximate surface area is 153 Å². The number of hydrogen-bond donors (Lipinski definition) is 1. The Kier molecular flexibility index (Phi) is 5.89. The third-order valence-electron chi connectivity index (χ3n) is 4.88. The first-order valence-corrected chi connectivity index (χ1v) is 9.67. The van der Waals surface area contributed by atoms with Gasteiger partial charge in [-0.1, -0.05) is 12.1 Å². The van der Waals surface area contributed by atoms with Crippen LogP contribution in [0.2, 0.25) is 0 Å². The fourth-order valence-corrected chi connectivity index (χ4v) is 4.27. The monoisotopic (exact) mass is 358 g/mol. The van der Waals surface area contributed by atoms with Crippen molar-refractivity contribution in [3.05, 3.63) is 57.3 Å². The van der Waals surface area contributed by atoms with Crippen LogP contribution in [0.3, 0.4) is 0 Å². The first-order chi connectivity index (χ1) is 12.1. The molecule has 2 aromatic rings. The Balaban J connectivity index is 1.76. The van der Waals surface area contributed by atoms with E-state index in [1.807, 2.05) is 25.1 Å². The fraction of sp³-hybridized carbons (Fsp3) is 0.450. The van der Waals surface area contributed by atoms with Crippen LogP contribution in [0.25, 0.3) is 0 Å². The number of amides is 1. The molecule has 1 aromatic carbocycles. The van der Waals surface area contributed by atoms with Crippen molar-refractivity contribution in [3.8, 4) is 0 Å². The highest BCUT2D eigenvalue weighted by atomic mass is 32.1. The van der Waals surface area contributed by atoms with E-state index in [1.165, 1.54) is 10.4 Å². The van der Waals surface area contributed by atoms with Gasteiger partial charge in [0.1, 0.15) is 0 Å². The molecule has 1 aliphatic rings. The van der Waals surface area contributed by atoms with Crippen molar-refractivity contribution >= 4 is 17.2 Å². The molecule has 0 bridgehead atoms. The van der Waals surface area contributed by atoms with Gasteiger partial charge in [-0.15, -0.1) is 11.3 Å². The normalized spacial score (nSPS) is 17.9. The lowest BCUT2D eigenvalue weighted by Gasteiger charge is -2.37. The number of nitrogens with zero attached hydrogens (tertiary/aromatic N) is 1. The van der Waals surface area contributed by atoms with Crippen LogP contribution in [0.1, 0.15) is 39.3 Å². The van der Waals surface area contributed by atoms with E-state index < -0.39 is 0 Å². The summed E-state index contributed by atoms with van der Waals surface area (Å²) in [6.45, 7) is 9.49. The third kappa shape index (κ3) is 4.29. The van der Waals surface area contributed by atoms with Crippen LogP contribution >= 0.6 is 11.3 Å². The first-order valence-electron chi connectivity index (χ1n) is 8.79. The summed E-state index contributed by atoms with van der Waals surface area (Å²) < 4.78 is 5.50. The molecule has 0 aliphatic carbocycles. The van der Waals surface area contributed by atoms with Gasteiger partial charge in [-0.3, -0.25) is 9.69 Å². The summed E-state index contributed by atoms with van der Waals surface area (Å²) >= 11 is 1.75. The van der Waals surface area contributed by atoms with E-state index in [4.69, 9.17) is 4.74 Å². The summed E-state index contributed by atoms with van der Waals surface area (Å²) in [5.74, 6) is -0.00887. The molecular formula is C20H26N2O2S. The highest BCUT2D eigenvalue weighted by molar-refractivity contribution is 7.10. The molecule has 2 heterocycles. The fourth-order valence-electron chi connectivity index (χ4n) is 3.31. The van der Waals surface area contributed by atoms with Crippen molar-refractivity contribution in [1.29, 1.82) is 0 Å². The lowest BCUT2D eigenvalue weighted by molar-refractivity contribution is 0.00969. The zero-order valence-corrected chi connectivity index (χ0v) is 15.9. The predicted octanol–water partition coefficient (Wildman–Crippen LogP) is 3.56. The summed E-state index contributed by atoms with van der Waals surface area (Å²) in [5, 5.41) is 5.31. The van der Waals surface area contributed by atoms with Crippen LogP contribution in [0.15, 0.2) is 35.7 Å². The molecule has 1 saturated heterocycles. The number of carbonyl (C=O) groups is 1. The van der Waals surface area contributed by atoms with Crippen LogP contribution in [0, 0.1) is 13.8 Å². The SMILES string of the molecule is Cc1ccc(C(=O)NC(C)C(c2cccs2)N2CCOCC2)cc1C. The third-order valence-corrected chi connectivity index (χ3v) is 5.82. The quantitative estimate of drug-likeness (QED) is 0.889. The molecular weight excluding hydrogens is 332 g/mol. The van der Waals surface area contributed by atoms with Crippen LogP contribution in [0.5, 0.6) is 0 Å². The van der Waals surface area contributed by atoms with Gasteiger partial charge in [-0.05, 0) is 55.5 Å². The van der Waals surface area contributed by atoms with Crippen molar-refractivity contribution in [2.24, 2.45) is 0 Å². The molecule has 4 nitrogen and oxygen atoms in total. The van der Waals surface area contributed by atoms with Gasteiger partial charge in [0, 0.05) is 29.6 Å². The number of hydrogen-bond acceptors (Lipinski definition) is 4. The van der Waals surface area contributed by atoms with Crippen LogP contribution in [0.4, 0.5) is 0 Å². The molecule has 2 unspecified atom stereocenters. The zero-order valence-electron chi connectivity index (χ0n) is 15.1. The lowest BCUT2D eigenvalue weighted by atomic mass is 10.0. The number of rotatable bonds is 5. The molecule has 3 rings (SSSR count). The Hall–Kier alpha value is -1.69. The van der Waals surface area contributed by atoms with E-state index in [0.717, 1.165) is 37.4 Å². The molecule has 1 aliphatic heterocycles.